The zero-order chi connectivity index (χ0) is 26.0. The summed E-state index contributed by atoms with van der Waals surface area (Å²) in [5.74, 6) is -2.29. The highest BCUT2D eigenvalue weighted by Gasteiger charge is 2.27. The van der Waals surface area contributed by atoms with Gasteiger partial charge in [-0.15, -0.1) is 0 Å². The van der Waals surface area contributed by atoms with Crippen molar-refractivity contribution in [2.24, 2.45) is 5.92 Å². The number of carbonyl (C=O) groups excluding carboxylic acids is 2. The van der Waals surface area contributed by atoms with Crippen molar-refractivity contribution in [3.8, 4) is 0 Å². The lowest BCUT2D eigenvalue weighted by Crippen LogP contribution is -2.26. The van der Waals surface area contributed by atoms with Crippen molar-refractivity contribution in [3.63, 3.8) is 0 Å². The van der Waals surface area contributed by atoms with Crippen LogP contribution < -0.4 is 0 Å². The lowest BCUT2D eigenvalue weighted by Gasteiger charge is -2.13. The predicted molar refractivity (Wildman–Crippen MR) is 148 cm³/mol. The van der Waals surface area contributed by atoms with Gasteiger partial charge in [-0.25, -0.2) is 0 Å². The maximum atomic E-state index is 12.6. The average molecular weight is 495 g/mol. The van der Waals surface area contributed by atoms with Crippen LogP contribution in [0.4, 0.5) is 0 Å². The quantitative estimate of drug-likeness (QED) is 0.0868. The number of ketones is 2. The summed E-state index contributed by atoms with van der Waals surface area (Å²) >= 11 is 0. The summed E-state index contributed by atoms with van der Waals surface area (Å²) in [7, 11) is 0. The second kappa shape index (κ2) is 25.9. The van der Waals surface area contributed by atoms with E-state index in [9.17, 15) is 19.5 Å². The molecule has 0 heterocycles. The Balaban J connectivity index is 3.89. The first-order valence-corrected chi connectivity index (χ1v) is 15.3. The molecule has 35 heavy (non-hydrogen) atoms. The van der Waals surface area contributed by atoms with E-state index in [-0.39, 0.29) is 18.0 Å². The number of carboxylic acids is 1. The number of carbonyl (C=O) groups is 3. The number of hydrogen-bond donors (Lipinski definition) is 1. The molecule has 0 unspecified atom stereocenters. The van der Waals surface area contributed by atoms with Gasteiger partial charge in [0.05, 0.1) is 12.3 Å². The Morgan fingerprint density at radius 2 is 0.714 bits per heavy atom. The van der Waals surface area contributed by atoms with E-state index in [1.165, 1.54) is 103 Å². The molecule has 0 bridgehead atoms. The second-order valence-corrected chi connectivity index (χ2v) is 10.7. The third kappa shape index (κ3) is 23.0. The third-order valence-electron chi connectivity index (χ3n) is 7.21. The molecular formula is C31H58O4. The van der Waals surface area contributed by atoms with Crippen LogP contribution in [0, 0.1) is 5.92 Å². The summed E-state index contributed by atoms with van der Waals surface area (Å²) in [6, 6.07) is 0. The van der Waals surface area contributed by atoms with Crippen molar-refractivity contribution >= 4 is 17.5 Å². The van der Waals surface area contributed by atoms with Crippen LogP contribution in [0.3, 0.4) is 0 Å². The van der Waals surface area contributed by atoms with E-state index < -0.39 is 11.9 Å². The summed E-state index contributed by atoms with van der Waals surface area (Å²) in [6.45, 7) is 4.48. The Hall–Kier alpha value is -1.19. The monoisotopic (exact) mass is 494 g/mol. The van der Waals surface area contributed by atoms with Gasteiger partial charge >= 0.3 is 5.97 Å². The zero-order valence-electron chi connectivity index (χ0n) is 23.4. The second-order valence-electron chi connectivity index (χ2n) is 10.7. The van der Waals surface area contributed by atoms with Crippen molar-refractivity contribution in [1.82, 2.24) is 0 Å². The van der Waals surface area contributed by atoms with E-state index in [4.69, 9.17) is 0 Å². The molecule has 0 aromatic heterocycles. The van der Waals surface area contributed by atoms with E-state index in [2.05, 4.69) is 13.8 Å². The molecule has 0 aromatic carbocycles. The van der Waals surface area contributed by atoms with Crippen molar-refractivity contribution < 1.29 is 19.5 Å². The first-order valence-electron chi connectivity index (χ1n) is 15.3. The van der Waals surface area contributed by atoms with Gasteiger partial charge < -0.3 is 5.11 Å². The lowest BCUT2D eigenvalue weighted by molar-refractivity contribution is -0.144. The fourth-order valence-electron chi connectivity index (χ4n) is 4.86. The van der Waals surface area contributed by atoms with Gasteiger partial charge in [-0.2, -0.15) is 0 Å². The Bertz CT molecular complexity index is 476. The van der Waals surface area contributed by atoms with E-state index in [0.717, 1.165) is 38.5 Å². The molecule has 1 N–H and O–H groups in total. The molecule has 0 fully saturated rings. The third-order valence-corrected chi connectivity index (χ3v) is 7.21. The summed E-state index contributed by atoms with van der Waals surface area (Å²) in [5.41, 5.74) is 0. The van der Waals surface area contributed by atoms with Gasteiger partial charge in [0.2, 0.25) is 0 Å². The fourth-order valence-corrected chi connectivity index (χ4v) is 4.86. The van der Waals surface area contributed by atoms with Crippen molar-refractivity contribution in [3.05, 3.63) is 0 Å². The highest BCUT2D eigenvalue weighted by Crippen LogP contribution is 2.18. The molecule has 0 aliphatic carbocycles. The summed E-state index contributed by atoms with van der Waals surface area (Å²) in [6.07, 6.45) is 27.0. The molecule has 0 aromatic rings. The number of hydrogen-bond acceptors (Lipinski definition) is 3. The molecule has 0 amide bonds. The van der Waals surface area contributed by atoms with Crippen LogP contribution in [0.2, 0.25) is 0 Å². The molecule has 0 rings (SSSR count). The minimum atomic E-state index is -1.05. The average Bonchev–Trinajstić information content (AvgIpc) is 2.84. The van der Waals surface area contributed by atoms with Crippen LogP contribution >= 0.6 is 0 Å². The van der Waals surface area contributed by atoms with Gasteiger partial charge in [0.1, 0.15) is 11.6 Å². The lowest BCUT2D eigenvalue weighted by atomic mass is 9.89. The standard InChI is InChI=1S/C31H58O4/c1-3-5-7-9-11-13-15-17-19-21-23-25-29(32)28(27-31(34)35)30(33)26-24-22-20-18-16-14-12-10-8-6-4-2/h28H,3-27H2,1-2H3,(H,34,35). The molecule has 0 aliphatic rings. The molecular weight excluding hydrogens is 436 g/mol. The first-order chi connectivity index (χ1) is 17.0. The molecule has 0 saturated heterocycles. The largest absolute Gasteiger partial charge is 0.481 e. The molecule has 4 heteroatoms. The minimum absolute atomic E-state index is 0.156. The maximum Gasteiger partial charge on any atom is 0.304 e. The highest BCUT2D eigenvalue weighted by atomic mass is 16.4. The number of carboxylic acid groups (broad SMARTS) is 1. The zero-order valence-corrected chi connectivity index (χ0v) is 23.4. The maximum absolute atomic E-state index is 12.6. The first kappa shape index (κ1) is 33.8. The number of Topliss-reactive ketones (excluding diaryl/α,β-unsaturated/α-hetero) is 2. The minimum Gasteiger partial charge on any atom is -0.481 e. The number of aliphatic carboxylic acids is 1. The predicted octanol–water partition coefficient (Wildman–Crippen LogP) is 9.62. The number of rotatable bonds is 28. The fraction of sp³-hybridized carbons (Fsp3) is 0.903. The van der Waals surface area contributed by atoms with Gasteiger partial charge in [0, 0.05) is 12.8 Å². The van der Waals surface area contributed by atoms with Crippen LogP contribution in [0.15, 0.2) is 0 Å². The van der Waals surface area contributed by atoms with Gasteiger partial charge in [0.15, 0.2) is 0 Å². The van der Waals surface area contributed by atoms with Crippen LogP contribution in [-0.2, 0) is 14.4 Å². The summed E-state index contributed by atoms with van der Waals surface area (Å²) < 4.78 is 0. The Labute approximate surface area is 217 Å². The van der Waals surface area contributed by atoms with Crippen molar-refractivity contribution in [2.75, 3.05) is 0 Å². The van der Waals surface area contributed by atoms with Gasteiger partial charge in [0.25, 0.3) is 0 Å². The number of unbranched alkanes of at least 4 members (excludes halogenated alkanes) is 20. The summed E-state index contributed by atoms with van der Waals surface area (Å²) in [5, 5.41) is 9.20. The van der Waals surface area contributed by atoms with Crippen LogP contribution in [0.25, 0.3) is 0 Å². The molecule has 0 spiro atoms. The van der Waals surface area contributed by atoms with E-state index in [0.29, 0.717) is 12.8 Å². The Morgan fingerprint density at radius 3 is 0.971 bits per heavy atom. The highest BCUT2D eigenvalue weighted by molar-refractivity contribution is 6.04. The van der Waals surface area contributed by atoms with Crippen molar-refractivity contribution in [1.29, 1.82) is 0 Å². The van der Waals surface area contributed by atoms with E-state index in [1.54, 1.807) is 0 Å². The topological polar surface area (TPSA) is 71.4 Å². The molecule has 0 radical (unpaired) electrons. The van der Waals surface area contributed by atoms with Crippen LogP contribution in [0.1, 0.15) is 174 Å². The van der Waals surface area contributed by atoms with Gasteiger partial charge in [-0.3, -0.25) is 14.4 Å². The molecule has 0 atom stereocenters. The molecule has 4 nitrogen and oxygen atoms in total. The van der Waals surface area contributed by atoms with Crippen molar-refractivity contribution in [2.45, 2.75) is 174 Å². The SMILES string of the molecule is CCCCCCCCCCCCCC(=O)C(CC(=O)O)C(=O)CCCCCCCCCCCCC. The molecule has 0 aliphatic heterocycles. The smallest absolute Gasteiger partial charge is 0.304 e. The normalized spacial score (nSPS) is 11.3. The molecule has 0 saturated carbocycles. The van der Waals surface area contributed by atoms with Gasteiger partial charge in [-0.05, 0) is 12.8 Å². The van der Waals surface area contributed by atoms with Crippen LogP contribution in [-0.4, -0.2) is 22.6 Å². The Morgan fingerprint density at radius 1 is 0.457 bits per heavy atom. The van der Waals surface area contributed by atoms with E-state index in [1.807, 2.05) is 0 Å². The summed E-state index contributed by atoms with van der Waals surface area (Å²) in [4.78, 5) is 36.4. The Kier molecular flexibility index (Phi) is 25.0. The van der Waals surface area contributed by atoms with E-state index >= 15 is 0 Å². The molecule has 206 valence electrons. The van der Waals surface area contributed by atoms with Gasteiger partial charge in [-0.1, -0.05) is 142 Å². The van der Waals surface area contributed by atoms with Crippen LogP contribution in [0.5, 0.6) is 0 Å².